The molecule has 0 aliphatic carbocycles. The summed E-state index contributed by atoms with van der Waals surface area (Å²) in [5.41, 5.74) is 0. The van der Waals surface area contributed by atoms with Crippen LogP contribution in [0.2, 0.25) is 0 Å². The van der Waals surface area contributed by atoms with Crippen molar-refractivity contribution in [3.05, 3.63) is 18.8 Å². The van der Waals surface area contributed by atoms with Crippen molar-refractivity contribution in [1.82, 2.24) is 9.97 Å². The number of hydrogen-bond donors (Lipinski definition) is 1. The van der Waals surface area contributed by atoms with Gasteiger partial charge in [-0.2, -0.15) is 4.98 Å². The molecule has 1 radical (unpaired) electrons. The van der Waals surface area contributed by atoms with Gasteiger partial charge in [-0.05, 0) is 12.8 Å². The molecule has 0 unspecified atom stereocenters. The predicted molar refractivity (Wildman–Crippen MR) is 44.6 cm³/mol. The van der Waals surface area contributed by atoms with Crippen LogP contribution in [0, 0.1) is 6.54 Å². The van der Waals surface area contributed by atoms with E-state index in [1.54, 1.807) is 6.20 Å². The monoisotopic (exact) mass is 164 g/mol. The van der Waals surface area contributed by atoms with Crippen LogP contribution in [0.25, 0.3) is 0 Å². The number of hydrogen-bond acceptors (Lipinski definition) is 4. The van der Waals surface area contributed by atoms with Gasteiger partial charge in [-0.3, -0.25) is 0 Å². The van der Waals surface area contributed by atoms with Crippen molar-refractivity contribution in [2.24, 2.45) is 0 Å². The molecule has 1 aliphatic rings. The van der Waals surface area contributed by atoms with Gasteiger partial charge in [0, 0.05) is 18.8 Å². The molecule has 1 N–H and O–H groups in total. The molecule has 0 atom stereocenters. The lowest BCUT2D eigenvalue weighted by atomic mass is 10.4. The van der Waals surface area contributed by atoms with Crippen molar-refractivity contribution in [2.75, 3.05) is 11.4 Å². The van der Waals surface area contributed by atoms with E-state index in [1.807, 2.05) is 4.90 Å². The minimum absolute atomic E-state index is 0.0281. The maximum Gasteiger partial charge on any atom is 0.228 e. The Kier molecular flexibility index (Phi) is 1.81. The van der Waals surface area contributed by atoms with Gasteiger partial charge in [0.25, 0.3) is 0 Å². The van der Waals surface area contributed by atoms with Crippen LogP contribution in [-0.4, -0.2) is 21.6 Å². The highest BCUT2D eigenvalue weighted by molar-refractivity contribution is 5.35. The third-order valence-electron chi connectivity index (χ3n) is 1.84. The molecule has 1 aromatic rings. The first-order chi connectivity index (χ1) is 5.86. The predicted octanol–water partition coefficient (Wildman–Crippen LogP) is 0.944. The molecule has 0 aromatic carbocycles. The summed E-state index contributed by atoms with van der Waals surface area (Å²) in [6, 6.07) is 1.47. The van der Waals surface area contributed by atoms with Crippen molar-refractivity contribution >= 4 is 5.95 Å². The molecule has 2 rings (SSSR count). The van der Waals surface area contributed by atoms with Crippen LogP contribution in [0.3, 0.4) is 0 Å². The Bertz CT molecular complexity index is 271. The molecule has 63 valence electrons. The van der Waals surface area contributed by atoms with E-state index in [-0.39, 0.29) is 5.88 Å². The van der Waals surface area contributed by atoms with Gasteiger partial charge in [0.1, 0.15) is 0 Å². The third-order valence-corrected chi connectivity index (χ3v) is 1.84. The van der Waals surface area contributed by atoms with Crippen LogP contribution in [0.1, 0.15) is 12.8 Å². The molecule has 1 aromatic heterocycles. The highest BCUT2D eigenvalue weighted by Gasteiger charge is 2.14. The number of rotatable bonds is 1. The summed E-state index contributed by atoms with van der Waals surface area (Å²) in [7, 11) is 0. The summed E-state index contributed by atoms with van der Waals surface area (Å²) in [6.07, 6.45) is 3.77. The third kappa shape index (κ3) is 1.32. The first kappa shape index (κ1) is 7.34. The molecular formula is C8H10N3O. The zero-order valence-corrected chi connectivity index (χ0v) is 6.64. The molecule has 2 heterocycles. The Hall–Kier alpha value is -1.32. The lowest BCUT2D eigenvalue weighted by Crippen LogP contribution is -2.16. The van der Waals surface area contributed by atoms with E-state index in [4.69, 9.17) is 5.11 Å². The van der Waals surface area contributed by atoms with Gasteiger partial charge in [-0.1, -0.05) is 0 Å². The molecule has 1 aliphatic heterocycles. The highest BCUT2D eigenvalue weighted by Crippen LogP contribution is 2.19. The first-order valence-corrected chi connectivity index (χ1v) is 3.98. The largest absolute Gasteiger partial charge is 0.493 e. The van der Waals surface area contributed by atoms with E-state index < -0.39 is 0 Å². The standard InChI is InChI=1S/C8H10N3O/c12-7-3-4-9-8(10-7)11-5-1-2-6-11/h3-5H,1-2,6H2,(H,9,10,12). The molecule has 1 fully saturated rings. The van der Waals surface area contributed by atoms with Crippen LogP contribution in [0.5, 0.6) is 5.88 Å². The summed E-state index contributed by atoms with van der Waals surface area (Å²) in [5.74, 6) is 0.618. The molecule has 1 saturated heterocycles. The van der Waals surface area contributed by atoms with Crippen molar-refractivity contribution < 1.29 is 5.11 Å². The summed E-state index contributed by atoms with van der Waals surface area (Å²) in [6.45, 7) is 3.00. The van der Waals surface area contributed by atoms with E-state index in [0.717, 1.165) is 19.4 Å². The molecule has 0 amide bonds. The number of nitrogens with zero attached hydrogens (tertiary/aromatic N) is 3. The van der Waals surface area contributed by atoms with Gasteiger partial charge in [0.05, 0.1) is 6.54 Å². The van der Waals surface area contributed by atoms with Crippen molar-refractivity contribution in [1.29, 1.82) is 0 Å². The molecule has 4 nitrogen and oxygen atoms in total. The number of anilines is 1. The van der Waals surface area contributed by atoms with Crippen LogP contribution >= 0.6 is 0 Å². The highest BCUT2D eigenvalue weighted by atomic mass is 16.3. The Morgan fingerprint density at radius 2 is 2.42 bits per heavy atom. The summed E-state index contributed by atoms with van der Waals surface area (Å²) in [4.78, 5) is 9.90. The molecule has 4 heteroatoms. The minimum Gasteiger partial charge on any atom is -0.493 e. The maximum absolute atomic E-state index is 9.08. The minimum atomic E-state index is 0.0281. The average molecular weight is 164 g/mol. The Labute approximate surface area is 70.9 Å². The normalized spacial score (nSPS) is 16.8. The van der Waals surface area contributed by atoms with E-state index in [9.17, 15) is 0 Å². The van der Waals surface area contributed by atoms with Crippen LogP contribution in [0.15, 0.2) is 12.3 Å². The van der Waals surface area contributed by atoms with Gasteiger partial charge in [-0.15, -0.1) is 0 Å². The van der Waals surface area contributed by atoms with Gasteiger partial charge in [-0.25, -0.2) is 4.98 Å². The second-order valence-corrected chi connectivity index (χ2v) is 2.73. The molecule has 0 saturated carbocycles. The fraction of sp³-hybridized carbons (Fsp3) is 0.375. The van der Waals surface area contributed by atoms with E-state index in [0.29, 0.717) is 5.95 Å². The average Bonchev–Trinajstić information content (AvgIpc) is 2.56. The van der Waals surface area contributed by atoms with Gasteiger partial charge < -0.3 is 10.0 Å². The fourth-order valence-corrected chi connectivity index (χ4v) is 1.26. The van der Waals surface area contributed by atoms with Gasteiger partial charge >= 0.3 is 0 Å². The summed E-state index contributed by atoms with van der Waals surface area (Å²) < 4.78 is 0. The van der Waals surface area contributed by atoms with Crippen molar-refractivity contribution in [3.63, 3.8) is 0 Å². The molecule has 0 bridgehead atoms. The quantitative estimate of drug-likeness (QED) is 0.671. The maximum atomic E-state index is 9.08. The molecule has 12 heavy (non-hydrogen) atoms. The lowest BCUT2D eigenvalue weighted by molar-refractivity contribution is 0.452. The van der Waals surface area contributed by atoms with Crippen LogP contribution < -0.4 is 4.90 Å². The Morgan fingerprint density at radius 3 is 3.08 bits per heavy atom. The lowest BCUT2D eigenvalue weighted by Gasteiger charge is -2.13. The zero-order valence-electron chi connectivity index (χ0n) is 6.64. The number of aromatic nitrogens is 2. The van der Waals surface area contributed by atoms with Crippen LogP contribution in [-0.2, 0) is 0 Å². The Balaban J connectivity index is 2.21. The summed E-state index contributed by atoms with van der Waals surface area (Å²) in [5, 5.41) is 9.08. The smallest absolute Gasteiger partial charge is 0.228 e. The second-order valence-electron chi connectivity index (χ2n) is 2.73. The second kappa shape index (κ2) is 2.97. The number of aromatic hydroxyl groups is 1. The molecular weight excluding hydrogens is 154 g/mol. The van der Waals surface area contributed by atoms with Crippen molar-refractivity contribution in [3.8, 4) is 5.88 Å². The summed E-state index contributed by atoms with van der Waals surface area (Å²) >= 11 is 0. The van der Waals surface area contributed by atoms with E-state index in [2.05, 4.69) is 16.5 Å². The van der Waals surface area contributed by atoms with Crippen LogP contribution in [0.4, 0.5) is 5.95 Å². The van der Waals surface area contributed by atoms with E-state index >= 15 is 0 Å². The SMILES string of the molecule is Oc1ccnc(N2[CH]CCC2)n1. The first-order valence-electron chi connectivity index (χ1n) is 3.98. The fourth-order valence-electron chi connectivity index (χ4n) is 1.26. The van der Waals surface area contributed by atoms with Gasteiger partial charge in [0.2, 0.25) is 11.8 Å². The van der Waals surface area contributed by atoms with E-state index in [1.165, 1.54) is 6.07 Å². The van der Waals surface area contributed by atoms with Gasteiger partial charge in [0.15, 0.2) is 0 Å². The zero-order chi connectivity index (χ0) is 8.39. The molecule has 0 spiro atoms. The topological polar surface area (TPSA) is 49.3 Å². The Morgan fingerprint density at radius 1 is 1.50 bits per heavy atom. The van der Waals surface area contributed by atoms with Crippen molar-refractivity contribution in [2.45, 2.75) is 12.8 Å².